The molecule has 0 bridgehead atoms. The highest BCUT2D eigenvalue weighted by Crippen LogP contribution is 2.56. The molecule has 4 nitrogen and oxygen atoms in total. The number of benzene rings is 11. The standard InChI is InChI=1S/C72H46N4S2/c1-41-36-57-53-32-34-55-49-26-16-18-30-62(49)77-71(55)68(53)75(60(57)38-43(41)3)67-59(40-73)64(51-28-14-12-24-47(51)45-20-8-6-9-21-45)66(74-5)70(65(67)52-29-15-13-25-48(52)46-22-10-7-11-23-46)76-61-39-44(4)42(2)37-58(61)54-33-35-56-50-27-17-19-31-63(50)78-72(56)69(54)76/h6-39H,1-4H3. The van der Waals surface area contributed by atoms with Crippen molar-refractivity contribution in [1.82, 2.24) is 9.13 Å². The molecule has 11 aromatic carbocycles. The predicted molar refractivity (Wildman–Crippen MR) is 333 cm³/mol. The molecular formula is C72H46N4S2. The summed E-state index contributed by atoms with van der Waals surface area (Å²) in [7, 11) is 0. The van der Waals surface area contributed by atoms with E-state index in [1.54, 1.807) is 22.7 Å². The molecule has 0 aliphatic heterocycles. The molecule has 0 unspecified atom stereocenters. The van der Waals surface area contributed by atoms with Crippen LogP contribution in [-0.2, 0) is 0 Å². The van der Waals surface area contributed by atoms with Crippen LogP contribution >= 0.6 is 22.7 Å². The normalized spacial score (nSPS) is 11.8. The highest BCUT2D eigenvalue weighted by molar-refractivity contribution is 7.27. The summed E-state index contributed by atoms with van der Waals surface area (Å²) < 4.78 is 9.56. The largest absolute Gasteiger partial charge is 0.317 e. The lowest BCUT2D eigenvalue weighted by Crippen LogP contribution is -2.10. The molecule has 0 amide bonds. The van der Waals surface area contributed by atoms with Gasteiger partial charge in [-0.3, -0.25) is 0 Å². The van der Waals surface area contributed by atoms with Crippen LogP contribution in [0.2, 0.25) is 0 Å². The topological polar surface area (TPSA) is 38.0 Å². The van der Waals surface area contributed by atoms with E-state index in [9.17, 15) is 11.8 Å². The van der Waals surface area contributed by atoms with Crippen molar-refractivity contribution in [3.8, 4) is 62.0 Å². The van der Waals surface area contributed by atoms with Gasteiger partial charge in [-0.15, -0.1) is 22.7 Å². The van der Waals surface area contributed by atoms with Gasteiger partial charge in [0, 0.05) is 63.6 Å². The Balaban J connectivity index is 1.28. The Bertz CT molecular complexity index is 4910. The highest BCUT2D eigenvalue weighted by Gasteiger charge is 2.35. The van der Waals surface area contributed by atoms with Crippen molar-refractivity contribution in [1.29, 1.82) is 5.26 Å². The molecular weight excluding hydrogens is 985 g/mol. The van der Waals surface area contributed by atoms with E-state index in [4.69, 9.17) is 4.85 Å². The summed E-state index contributed by atoms with van der Waals surface area (Å²) in [5, 5.41) is 21.8. The maximum atomic E-state index is 12.7. The Labute approximate surface area is 459 Å². The Morgan fingerprint density at radius 2 is 0.795 bits per heavy atom. The van der Waals surface area contributed by atoms with E-state index in [0.717, 1.165) is 114 Å². The molecule has 0 spiro atoms. The van der Waals surface area contributed by atoms with E-state index >= 15 is 0 Å². The summed E-state index contributed by atoms with van der Waals surface area (Å²) >= 11 is 3.61. The minimum atomic E-state index is 0.409. The SMILES string of the molecule is [C-]#[N+]c1c(-c2ccccc2-c2ccccc2)c(C#N)c(-n2c3cc(C)c(C)cc3c3ccc4c5ccccc5sc4c32)c(-c2ccccc2-c2ccccc2)c1-n1c2cc(C)c(C)cc2c2ccc3c4ccccc4sc3c21. The lowest BCUT2D eigenvalue weighted by atomic mass is 9.84. The van der Waals surface area contributed by atoms with E-state index in [1.165, 1.54) is 42.1 Å². The first-order valence-electron chi connectivity index (χ1n) is 26.3. The first-order valence-corrected chi connectivity index (χ1v) is 28.0. The van der Waals surface area contributed by atoms with Gasteiger partial charge in [-0.05, 0) is 120 Å². The molecule has 0 radical (unpaired) electrons. The lowest BCUT2D eigenvalue weighted by Gasteiger charge is -2.27. The number of aromatic nitrogens is 2. The van der Waals surface area contributed by atoms with Crippen LogP contribution in [0.1, 0.15) is 27.8 Å². The third-order valence-corrected chi connectivity index (χ3v) is 18.8. The quantitative estimate of drug-likeness (QED) is 0.153. The van der Waals surface area contributed by atoms with E-state index in [0.29, 0.717) is 16.8 Å². The minimum Gasteiger partial charge on any atom is -0.317 e. The molecule has 0 atom stereocenters. The van der Waals surface area contributed by atoms with Crippen molar-refractivity contribution in [2.75, 3.05) is 0 Å². The van der Waals surface area contributed by atoms with E-state index < -0.39 is 0 Å². The minimum absolute atomic E-state index is 0.409. The molecule has 0 aliphatic rings. The fourth-order valence-corrected chi connectivity index (χ4v) is 15.0. The average Bonchev–Trinajstić information content (AvgIpc) is 4.41. The van der Waals surface area contributed by atoms with Crippen molar-refractivity contribution in [2.24, 2.45) is 0 Å². The number of rotatable bonds is 6. The molecule has 15 aromatic rings. The zero-order valence-corrected chi connectivity index (χ0v) is 44.9. The number of thiophene rings is 2. The molecule has 4 heterocycles. The van der Waals surface area contributed by atoms with Crippen LogP contribution in [0, 0.1) is 45.6 Å². The molecule has 0 fully saturated rings. The van der Waals surface area contributed by atoms with Crippen molar-refractivity contribution < 1.29 is 0 Å². The van der Waals surface area contributed by atoms with E-state index in [-0.39, 0.29) is 0 Å². The second kappa shape index (κ2) is 17.5. The summed E-state index contributed by atoms with van der Waals surface area (Å²) in [6, 6.07) is 76.9. The fourth-order valence-electron chi connectivity index (χ4n) is 12.6. The van der Waals surface area contributed by atoms with Gasteiger partial charge in [0.1, 0.15) is 6.07 Å². The van der Waals surface area contributed by atoms with Gasteiger partial charge < -0.3 is 9.13 Å². The average molecular weight is 1030 g/mol. The summed E-state index contributed by atoms with van der Waals surface area (Å²) in [6.07, 6.45) is 0. The number of hydrogen-bond acceptors (Lipinski definition) is 3. The first kappa shape index (κ1) is 45.8. The number of hydrogen-bond donors (Lipinski definition) is 0. The molecule has 4 aromatic heterocycles. The Morgan fingerprint density at radius 3 is 1.27 bits per heavy atom. The molecule has 0 N–H and O–H groups in total. The summed E-state index contributed by atoms with van der Waals surface area (Å²) in [6.45, 7) is 18.6. The maximum Gasteiger partial charge on any atom is 0.220 e. The van der Waals surface area contributed by atoms with Crippen LogP contribution in [0.3, 0.4) is 0 Å². The van der Waals surface area contributed by atoms with Gasteiger partial charge in [0.15, 0.2) is 0 Å². The third-order valence-electron chi connectivity index (χ3n) is 16.4. The van der Waals surface area contributed by atoms with Gasteiger partial charge in [0.05, 0.1) is 55.0 Å². The molecule has 366 valence electrons. The molecule has 0 saturated heterocycles. The van der Waals surface area contributed by atoms with Crippen LogP contribution in [0.5, 0.6) is 0 Å². The Hall–Kier alpha value is -9.56. The van der Waals surface area contributed by atoms with Crippen molar-refractivity contribution in [2.45, 2.75) is 27.7 Å². The number of aryl methyl sites for hydroxylation is 4. The smallest absolute Gasteiger partial charge is 0.220 e. The lowest BCUT2D eigenvalue weighted by molar-refractivity contribution is 1.14. The maximum absolute atomic E-state index is 12.7. The fraction of sp³-hybridized carbons (Fsp3) is 0.0556. The summed E-state index contributed by atoms with van der Waals surface area (Å²) in [5.41, 5.74) is 18.2. The zero-order chi connectivity index (χ0) is 52.5. The number of nitriles is 1. The molecule has 0 aliphatic carbocycles. The molecule has 0 saturated carbocycles. The third kappa shape index (κ3) is 6.55. The van der Waals surface area contributed by atoms with Crippen LogP contribution in [0.4, 0.5) is 5.69 Å². The summed E-state index contributed by atoms with van der Waals surface area (Å²) in [5.74, 6) is 0. The highest BCUT2D eigenvalue weighted by atomic mass is 32.1. The Kier molecular flexibility index (Phi) is 10.3. The van der Waals surface area contributed by atoms with Crippen molar-refractivity contribution in [3.63, 3.8) is 0 Å². The van der Waals surface area contributed by atoms with Crippen molar-refractivity contribution >= 4 is 112 Å². The Morgan fingerprint density at radius 1 is 0.397 bits per heavy atom. The summed E-state index contributed by atoms with van der Waals surface area (Å²) in [4.78, 5) is 4.84. The second-order valence-electron chi connectivity index (χ2n) is 20.7. The number of fused-ring (bicyclic) bond motifs is 14. The van der Waals surface area contributed by atoms with E-state index in [2.05, 4.69) is 243 Å². The number of nitrogens with zero attached hydrogens (tertiary/aromatic N) is 4. The van der Waals surface area contributed by atoms with Gasteiger partial charge in [0.25, 0.3) is 0 Å². The van der Waals surface area contributed by atoms with Crippen LogP contribution in [0.15, 0.2) is 206 Å². The van der Waals surface area contributed by atoms with Crippen LogP contribution in [-0.4, -0.2) is 9.13 Å². The molecule has 78 heavy (non-hydrogen) atoms. The second-order valence-corrected chi connectivity index (χ2v) is 22.8. The van der Waals surface area contributed by atoms with Gasteiger partial charge in [-0.2, -0.15) is 5.26 Å². The molecule has 15 rings (SSSR count). The monoisotopic (exact) mass is 1030 g/mol. The molecule has 6 heteroatoms. The first-order chi connectivity index (χ1) is 38.3. The van der Waals surface area contributed by atoms with Gasteiger partial charge >= 0.3 is 0 Å². The van der Waals surface area contributed by atoms with Crippen LogP contribution < -0.4 is 0 Å². The van der Waals surface area contributed by atoms with Gasteiger partial charge in [-0.25, -0.2) is 4.85 Å². The predicted octanol–water partition coefficient (Wildman–Crippen LogP) is 20.9. The van der Waals surface area contributed by atoms with Gasteiger partial charge in [0.2, 0.25) is 5.69 Å². The van der Waals surface area contributed by atoms with Crippen molar-refractivity contribution in [3.05, 3.63) is 245 Å². The zero-order valence-electron chi connectivity index (χ0n) is 43.2. The van der Waals surface area contributed by atoms with E-state index in [1.807, 2.05) is 6.07 Å². The van der Waals surface area contributed by atoms with Gasteiger partial charge in [-0.1, -0.05) is 170 Å². The van der Waals surface area contributed by atoms with Crippen LogP contribution in [0.25, 0.3) is 145 Å².